The monoisotopic (exact) mass is 514 g/mol. The van der Waals surface area contributed by atoms with Gasteiger partial charge in [0.05, 0.1) is 16.3 Å². The number of nitrogens with zero attached hydrogens (tertiary/aromatic N) is 2. The Labute approximate surface area is 215 Å². The lowest BCUT2D eigenvalue weighted by Gasteiger charge is -2.23. The molecule has 1 heterocycles. The number of sulfone groups is 1. The highest BCUT2D eigenvalue weighted by atomic mass is 35.5. The Hall–Kier alpha value is -3.87. The van der Waals surface area contributed by atoms with Crippen LogP contribution in [0, 0.1) is 0 Å². The zero-order valence-electron chi connectivity index (χ0n) is 19.3. The molecule has 0 fully saturated rings. The van der Waals surface area contributed by atoms with Crippen LogP contribution in [0.3, 0.4) is 0 Å². The fraction of sp³-hybridized carbons (Fsp3) is 0.0690. The Morgan fingerprint density at radius 2 is 1.39 bits per heavy atom. The van der Waals surface area contributed by atoms with Crippen LogP contribution in [0.15, 0.2) is 125 Å². The van der Waals surface area contributed by atoms with Gasteiger partial charge in [-0.25, -0.2) is 8.42 Å². The first kappa shape index (κ1) is 23.9. The van der Waals surface area contributed by atoms with Gasteiger partial charge in [-0.15, -0.1) is 0 Å². The Morgan fingerprint density at radius 3 is 2.08 bits per heavy atom. The van der Waals surface area contributed by atoms with E-state index < -0.39 is 9.84 Å². The highest BCUT2D eigenvalue weighted by molar-refractivity contribution is 7.91. The lowest BCUT2D eigenvalue weighted by molar-refractivity contribution is -0.119. The van der Waals surface area contributed by atoms with Gasteiger partial charge in [-0.2, -0.15) is 0 Å². The van der Waals surface area contributed by atoms with Crippen LogP contribution in [-0.2, 0) is 27.7 Å². The first-order valence-corrected chi connectivity index (χ1v) is 13.3. The number of hydrogen-bond donors (Lipinski definition) is 0. The molecule has 0 aliphatic rings. The SMILES string of the molecule is O=C(Cn1cc(S(=O)(=O)c2ccc(Cl)cc2)c2ccccc21)N(Cc1ccccc1)c1ccccc1. The topological polar surface area (TPSA) is 59.4 Å². The van der Waals surface area contributed by atoms with Crippen molar-refractivity contribution < 1.29 is 13.2 Å². The Morgan fingerprint density at radius 1 is 0.778 bits per heavy atom. The van der Waals surface area contributed by atoms with Gasteiger partial charge in [0.25, 0.3) is 0 Å². The summed E-state index contributed by atoms with van der Waals surface area (Å²) in [4.78, 5) is 15.7. The van der Waals surface area contributed by atoms with E-state index >= 15 is 0 Å². The number of rotatable bonds is 7. The van der Waals surface area contributed by atoms with E-state index in [0.29, 0.717) is 22.5 Å². The Bertz CT molecular complexity index is 1610. The van der Waals surface area contributed by atoms with Gasteiger partial charge in [0.15, 0.2) is 0 Å². The molecule has 5 nitrogen and oxygen atoms in total. The summed E-state index contributed by atoms with van der Waals surface area (Å²) in [6.07, 6.45) is 1.55. The van der Waals surface area contributed by atoms with Crippen LogP contribution < -0.4 is 4.90 Å². The molecular formula is C29H23ClN2O3S. The van der Waals surface area contributed by atoms with E-state index in [2.05, 4.69) is 0 Å². The molecular weight excluding hydrogens is 492 g/mol. The van der Waals surface area contributed by atoms with E-state index in [9.17, 15) is 13.2 Å². The fourth-order valence-electron chi connectivity index (χ4n) is 4.23. The molecule has 4 aromatic carbocycles. The third-order valence-corrected chi connectivity index (χ3v) is 8.07. The van der Waals surface area contributed by atoms with Crippen LogP contribution in [0.5, 0.6) is 0 Å². The second kappa shape index (κ2) is 10.0. The molecule has 0 unspecified atom stereocenters. The predicted octanol–water partition coefficient (Wildman–Crippen LogP) is 6.36. The van der Waals surface area contributed by atoms with Gasteiger partial charge >= 0.3 is 0 Å². The molecule has 0 aliphatic heterocycles. The van der Waals surface area contributed by atoms with Gasteiger partial charge in [0, 0.05) is 27.8 Å². The van der Waals surface area contributed by atoms with Crippen molar-refractivity contribution in [3.8, 4) is 0 Å². The van der Waals surface area contributed by atoms with Crippen LogP contribution in [0.1, 0.15) is 5.56 Å². The number of fused-ring (bicyclic) bond motifs is 1. The van der Waals surface area contributed by atoms with Crippen LogP contribution in [-0.4, -0.2) is 18.9 Å². The number of aromatic nitrogens is 1. The van der Waals surface area contributed by atoms with E-state index in [4.69, 9.17) is 11.6 Å². The number of hydrogen-bond acceptors (Lipinski definition) is 3. The summed E-state index contributed by atoms with van der Waals surface area (Å²) in [5.74, 6) is -0.152. The molecule has 0 N–H and O–H groups in total. The minimum atomic E-state index is -3.82. The maximum atomic E-state index is 13.7. The number of amides is 1. The average molecular weight is 515 g/mol. The van der Waals surface area contributed by atoms with Gasteiger partial charge in [0.2, 0.25) is 15.7 Å². The van der Waals surface area contributed by atoms with Crippen molar-refractivity contribution in [2.45, 2.75) is 22.9 Å². The van der Waals surface area contributed by atoms with Crippen molar-refractivity contribution in [3.05, 3.63) is 126 Å². The Kier molecular flexibility index (Phi) is 6.63. The largest absolute Gasteiger partial charge is 0.337 e. The number of carbonyl (C=O) groups excluding carboxylic acids is 1. The first-order valence-electron chi connectivity index (χ1n) is 11.4. The van der Waals surface area contributed by atoms with E-state index in [0.717, 1.165) is 11.3 Å². The van der Waals surface area contributed by atoms with Crippen LogP contribution >= 0.6 is 11.6 Å². The molecule has 7 heteroatoms. The third-order valence-electron chi connectivity index (χ3n) is 6.02. The first-order chi connectivity index (χ1) is 17.4. The molecule has 0 saturated carbocycles. The second-order valence-corrected chi connectivity index (χ2v) is 10.8. The number of anilines is 1. The van der Waals surface area contributed by atoms with Gasteiger partial charge in [0.1, 0.15) is 6.54 Å². The molecule has 36 heavy (non-hydrogen) atoms. The summed E-state index contributed by atoms with van der Waals surface area (Å²) in [6.45, 7) is 0.386. The molecule has 0 bridgehead atoms. The minimum absolute atomic E-state index is 0.0155. The molecule has 0 atom stereocenters. The van der Waals surface area contributed by atoms with Crippen LogP contribution in [0.2, 0.25) is 5.02 Å². The number of carbonyl (C=O) groups is 1. The summed E-state index contributed by atoms with van der Waals surface area (Å²) >= 11 is 5.96. The Balaban J connectivity index is 1.53. The zero-order valence-corrected chi connectivity index (χ0v) is 20.9. The van der Waals surface area contributed by atoms with Crippen molar-refractivity contribution in [3.63, 3.8) is 0 Å². The maximum absolute atomic E-state index is 13.7. The molecule has 0 saturated heterocycles. The van der Waals surface area contributed by atoms with E-state index in [1.54, 1.807) is 39.9 Å². The summed E-state index contributed by atoms with van der Waals surface area (Å²) in [5.41, 5.74) is 2.45. The average Bonchev–Trinajstić information content (AvgIpc) is 3.28. The molecule has 5 aromatic rings. The summed E-state index contributed by atoms with van der Waals surface area (Å²) in [6, 6.07) is 32.6. The lowest BCUT2D eigenvalue weighted by atomic mass is 10.2. The summed E-state index contributed by atoms with van der Waals surface area (Å²) in [7, 11) is -3.82. The van der Waals surface area contributed by atoms with Crippen LogP contribution in [0.25, 0.3) is 10.9 Å². The van der Waals surface area contributed by atoms with Gasteiger partial charge < -0.3 is 9.47 Å². The normalized spacial score (nSPS) is 11.5. The van der Waals surface area contributed by atoms with Crippen molar-refractivity contribution in [2.75, 3.05) is 4.90 Å². The number of benzene rings is 4. The molecule has 0 radical (unpaired) electrons. The maximum Gasteiger partial charge on any atom is 0.247 e. The molecule has 180 valence electrons. The fourth-order valence-corrected chi connectivity index (χ4v) is 5.83. The molecule has 5 rings (SSSR count). The smallest absolute Gasteiger partial charge is 0.247 e. The number of para-hydroxylation sites is 2. The van der Waals surface area contributed by atoms with Gasteiger partial charge in [-0.05, 0) is 48.0 Å². The quantitative estimate of drug-likeness (QED) is 0.254. The molecule has 1 aromatic heterocycles. The highest BCUT2D eigenvalue weighted by Crippen LogP contribution is 2.31. The predicted molar refractivity (Wildman–Crippen MR) is 143 cm³/mol. The minimum Gasteiger partial charge on any atom is -0.337 e. The molecule has 1 amide bonds. The van der Waals surface area contributed by atoms with Crippen molar-refractivity contribution >= 4 is 43.9 Å². The number of halogens is 1. The van der Waals surface area contributed by atoms with Crippen molar-refractivity contribution in [1.82, 2.24) is 4.57 Å². The molecule has 0 aliphatic carbocycles. The zero-order chi connectivity index (χ0) is 25.1. The van der Waals surface area contributed by atoms with E-state index in [1.165, 1.54) is 12.1 Å². The van der Waals surface area contributed by atoms with E-state index in [-0.39, 0.29) is 22.2 Å². The lowest BCUT2D eigenvalue weighted by Crippen LogP contribution is -2.33. The third kappa shape index (κ3) is 4.78. The summed E-state index contributed by atoms with van der Waals surface area (Å²) < 4.78 is 28.7. The van der Waals surface area contributed by atoms with Gasteiger partial charge in [-0.3, -0.25) is 4.79 Å². The van der Waals surface area contributed by atoms with E-state index in [1.807, 2.05) is 72.8 Å². The molecule has 0 spiro atoms. The highest BCUT2D eigenvalue weighted by Gasteiger charge is 2.25. The van der Waals surface area contributed by atoms with Crippen LogP contribution in [0.4, 0.5) is 5.69 Å². The summed E-state index contributed by atoms with van der Waals surface area (Å²) in [5, 5.41) is 1.02. The standard InChI is InChI=1S/C29H23ClN2O3S/c30-23-15-17-25(18-16-23)36(34,35)28-20-31(27-14-8-7-13-26(27)28)21-29(33)32(24-11-5-2-6-12-24)19-22-9-3-1-4-10-22/h1-18,20H,19,21H2. The second-order valence-electron chi connectivity index (χ2n) is 8.40. The van der Waals surface area contributed by atoms with Crippen molar-refractivity contribution in [1.29, 1.82) is 0 Å². The van der Waals surface area contributed by atoms with Crippen molar-refractivity contribution in [2.24, 2.45) is 0 Å². The van der Waals surface area contributed by atoms with Gasteiger partial charge in [-0.1, -0.05) is 78.3 Å².